The Hall–Kier alpha value is -0.830. The third-order valence-electron chi connectivity index (χ3n) is 0.383. The lowest BCUT2D eigenvalue weighted by molar-refractivity contribution is 1.32. The topological polar surface area (TPSA) is 64.4 Å². The predicted octanol–water partition coefficient (Wildman–Crippen LogP) is -0.554. The molecule has 0 fully saturated rings. The number of rotatable bonds is 2. The summed E-state index contributed by atoms with van der Waals surface area (Å²) in [5.74, 6) is 0. The Bertz CT molecular complexity index is 75.0. The van der Waals surface area contributed by atoms with Crippen LogP contribution < -0.4 is 11.5 Å². The fourth-order valence-corrected chi connectivity index (χ4v) is 0.171. The van der Waals surface area contributed by atoms with Gasteiger partial charge in [-0.15, -0.1) is 0 Å². The van der Waals surface area contributed by atoms with Crippen LogP contribution in [0.2, 0.25) is 0 Å². The molecule has 0 amide bonds. The minimum Gasteiger partial charge on any atom is -0.403 e. The van der Waals surface area contributed by atoms with Gasteiger partial charge in [0.05, 0.1) is 0 Å². The molecule has 3 nitrogen and oxygen atoms in total. The van der Waals surface area contributed by atoms with Crippen molar-refractivity contribution in [3.8, 4) is 0 Å². The fraction of sp³-hybridized carbons (Fsp3) is 0.250. The van der Waals surface area contributed by atoms with Gasteiger partial charge in [-0.05, 0) is 0 Å². The molecule has 0 unspecified atom stereocenters. The largest absolute Gasteiger partial charge is 0.403 e. The van der Waals surface area contributed by atoms with Gasteiger partial charge in [0, 0.05) is 25.2 Å². The van der Waals surface area contributed by atoms with Gasteiger partial charge in [0.15, 0.2) is 0 Å². The first kappa shape index (κ1) is 6.17. The molecule has 0 aliphatic heterocycles. The van der Waals surface area contributed by atoms with Crippen molar-refractivity contribution in [1.82, 2.24) is 0 Å². The van der Waals surface area contributed by atoms with Crippen LogP contribution in [-0.4, -0.2) is 12.8 Å². The van der Waals surface area contributed by atoms with Crippen molar-refractivity contribution >= 4 is 6.21 Å². The van der Waals surface area contributed by atoms with E-state index in [2.05, 4.69) is 4.99 Å². The molecule has 0 aliphatic carbocycles. The van der Waals surface area contributed by atoms with Gasteiger partial charge >= 0.3 is 0 Å². The molecule has 0 radical (unpaired) electrons. The van der Waals surface area contributed by atoms with E-state index in [1.807, 2.05) is 0 Å². The van der Waals surface area contributed by atoms with E-state index in [0.717, 1.165) is 0 Å². The molecule has 0 rings (SSSR count). The fourth-order valence-electron chi connectivity index (χ4n) is 0.171. The number of hydrogen-bond donors (Lipinski definition) is 2. The van der Waals surface area contributed by atoms with Gasteiger partial charge < -0.3 is 11.5 Å². The Balaban J connectivity index is 3.09. The van der Waals surface area contributed by atoms with Crippen molar-refractivity contribution in [2.75, 3.05) is 6.54 Å². The molecule has 0 saturated heterocycles. The molecule has 0 aromatic rings. The van der Waals surface area contributed by atoms with Crippen LogP contribution in [0.15, 0.2) is 17.4 Å². The third kappa shape index (κ3) is 5.17. The summed E-state index contributed by atoms with van der Waals surface area (Å²) in [7, 11) is 0. The van der Waals surface area contributed by atoms with Gasteiger partial charge in [0.25, 0.3) is 0 Å². The summed E-state index contributed by atoms with van der Waals surface area (Å²) in [5.41, 5.74) is 9.98. The Morgan fingerprint density at radius 3 is 2.71 bits per heavy atom. The first-order chi connectivity index (χ1) is 3.41. The quantitative estimate of drug-likeness (QED) is 0.456. The van der Waals surface area contributed by atoms with Gasteiger partial charge in [-0.2, -0.15) is 0 Å². The van der Waals surface area contributed by atoms with E-state index >= 15 is 0 Å². The van der Waals surface area contributed by atoms with Crippen LogP contribution in [-0.2, 0) is 0 Å². The minimum atomic E-state index is 0.463. The Morgan fingerprint density at radius 2 is 2.29 bits per heavy atom. The Morgan fingerprint density at radius 1 is 1.57 bits per heavy atom. The van der Waals surface area contributed by atoms with E-state index in [-0.39, 0.29) is 0 Å². The van der Waals surface area contributed by atoms with E-state index in [1.165, 1.54) is 12.4 Å². The highest BCUT2D eigenvalue weighted by atomic mass is 14.7. The molecule has 0 atom stereocenters. The molecule has 4 N–H and O–H groups in total. The first-order valence-electron chi connectivity index (χ1n) is 2.00. The van der Waals surface area contributed by atoms with E-state index in [0.29, 0.717) is 6.54 Å². The summed E-state index contributed by atoms with van der Waals surface area (Å²) in [6.07, 6.45) is 4.41. The standard InChI is InChI=1S/C4H9N3/c5-1-3-7-4-2-6/h1,3-4H,2,5-6H2/b3-1+,7-4?. The summed E-state index contributed by atoms with van der Waals surface area (Å²) in [6, 6.07) is 0. The van der Waals surface area contributed by atoms with Crippen LogP contribution in [0, 0.1) is 0 Å². The van der Waals surface area contributed by atoms with Gasteiger partial charge in [0.1, 0.15) is 0 Å². The van der Waals surface area contributed by atoms with E-state index < -0.39 is 0 Å². The van der Waals surface area contributed by atoms with Crippen molar-refractivity contribution in [2.45, 2.75) is 0 Å². The van der Waals surface area contributed by atoms with E-state index in [1.54, 1.807) is 6.21 Å². The molecule has 3 heteroatoms. The van der Waals surface area contributed by atoms with Gasteiger partial charge in [-0.1, -0.05) is 0 Å². The van der Waals surface area contributed by atoms with Crippen LogP contribution >= 0.6 is 0 Å². The summed E-state index contributed by atoms with van der Waals surface area (Å²) < 4.78 is 0. The Kier molecular flexibility index (Phi) is 4.56. The lowest BCUT2D eigenvalue weighted by Gasteiger charge is -1.72. The second-order valence-corrected chi connectivity index (χ2v) is 0.909. The molecule has 0 bridgehead atoms. The molecule has 7 heavy (non-hydrogen) atoms. The highest BCUT2D eigenvalue weighted by Gasteiger charge is 1.57. The number of aliphatic imine (C=N–C) groups is 1. The Labute approximate surface area is 42.7 Å². The summed E-state index contributed by atoms with van der Waals surface area (Å²) in [5, 5.41) is 0. The lowest BCUT2D eigenvalue weighted by atomic mass is 10.7. The van der Waals surface area contributed by atoms with Crippen LogP contribution in [0.3, 0.4) is 0 Å². The smallest absolute Gasteiger partial charge is 0.0419 e. The second-order valence-electron chi connectivity index (χ2n) is 0.909. The van der Waals surface area contributed by atoms with E-state index in [9.17, 15) is 0 Å². The molecule has 0 heterocycles. The molecule has 0 aliphatic rings. The van der Waals surface area contributed by atoms with Crippen molar-refractivity contribution in [3.05, 3.63) is 12.4 Å². The van der Waals surface area contributed by atoms with Crippen LogP contribution in [0.4, 0.5) is 0 Å². The number of nitrogens with zero attached hydrogens (tertiary/aromatic N) is 1. The average Bonchev–Trinajstić information content (AvgIpc) is 1.69. The van der Waals surface area contributed by atoms with Crippen LogP contribution in [0.5, 0.6) is 0 Å². The van der Waals surface area contributed by atoms with Gasteiger partial charge in [0.2, 0.25) is 0 Å². The predicted molar refractivity (Wildman–Crippen MR) is 30.9 cm³/mol. The van der Waals surface area contributed by atoms with Crippen LogP contribution in [0.1, 0.15) is 0 Å². The second kappa shape index (κ2) is 5.17. The molecule has 0 spiro atoms. The molecule has 40 valence electrons. The van der Waals surface area contributed by atoms with Gasteiger partial charge in [-0.25, -0.2) is 0 Å². The maximum Gasteiger partial charge on any atom is 0.0419 e. The maximum atomic E-state index is 5.05. The normalized spacial score (nSPS) is 11.6. The average molecular weight is 99.1 g/mol. The lowest BCUT2D eigenvalue weighted by Crippen LogP contribution is -1.97. The van der Waals surface area contributed by atoms with Gasteiger partial charge in [-0.3, -0.25) is 4.99 Å². The molecular weight excluding hydrogens is 90.1 g/mol. The highest BCUT2D eigenvalue weighted by molar-refractivity contribution is 5.59. The summed E-state index contributed by atoms with van der Waals surface area (Å²) in [4.78, 5) is 3.65. The number of nitrogens with two attached hydrogens (primary N) is 2. The van der Waals surface area contributed by atoms with Crippen molar-refractivity contribution in [3.63, 3.8) is 0 Å². The molecular formula is C4H9N3. The minimum absolute atomic E-state index is 0.463. The molecule has 0 aromatic heterocycles. The van der Waals surface area contributed by atoms with Crippen molar-refractivity contribution < 1.29 is 0 Å². The monoisotopic (exact) mass is 99.1 g/mol. The number of hydrogen-bond acceptors (Lipinski definition) is 3. The van der Waals surface area contributed by atoms with E-state index in [4.69, 9.17) is 11.5 Å². The maximum absolute atomic E-state index is 5.05. The highest BCUT2D eigenvalue weighted by Crippen LogP contribution is 1.61. The summed E-state index contributed by atoms with van der Waals surface area (Å²) in [6.45, 7) is 0.463. The third-order valence-corrected chi connectivity index (χ3v) is 0.383. The molecule has 0 aromatic carbocycles. The van der Waals surface area contributed by atoms with Crippen LogP contribution in [0.25, 0.3) is 0 Å². The zero-order valence-electron chi connectivity index (χ0n) is 4.04. The van der Waals surface area contributed by atoms with Crippen molar-refractivity contribution in [1.29, 1.82) is 0 Å². The zero-order chi connectivity index (χ0) is 5.54. The zero-order valence-corrected chi connectivity index (χ0v) is 4.04. The van der Waals surface area contributed by atoms with Crippen molar-refractivity contribution in [2.24, 2.45) is 16.5 Å². The molecule has 0 saturated carbocycles. The SMILES string of the molecule is N/C=C/N=CCN. The first-order valence-corrected chi connectivity index (χ1v) is 2.00. The summed E-state index contributed by atoms with van der Waals surface area (Å²) >= 11 is 0.